The van der Waals surface area contributed by atoms with Gasteiger partial charge < -0.3 is 15.4 Å². The third-order valence-electron chi connectivity index (χ3n) is 4.77. The van der Waals surface area contributed by atoms with Crippen molar-refractivity contribution in [3.8, 4) is 5.75 Å². The monoisotopic (exact) mass is 352 g/mol. The Labute approximate surface area is 153 Å². The van der Waals surface area contributed by atoms with Crippen molar-refractivity contribution in [1.29, 1.82) is 0 Å². The van der Waals surface area contributed by atoms with E-state index in [0.717, 1.165) is 11.1 Å². The van der Waals surface area contributed by atoms with E-state index in [1.165, 1.54) is 0 Å². The van der Waals surface area contributed by atoms with Crippen LogP contribution >= 0.6 is 0 Å². The number of hydrogen-bond donors (Lipinski definition) is 2. The quantitative estimate of drug-likeness (QED) is 0.869. The summed E-state index contributed by atoms with van der Waals surface area (Å²) in [4.78, 5) is 24.2. The van der Waals surface area contributed by atoms with Crippen molar-refractivity contribution in [3.05, 3.63) is 65.2 Å². The summed E-state index contributed by atoms with van der Waals surface area (Å²) in [7, 11) is 0. The number of aryl methyl sites for hydroxylation is 1. The second kappa shape index (κ2) is 8.04. The molecule has 0 aromatic heterocycles. The van der Waals surface area contributed by atoms with Crippen LogP contribution in [-0.2, 0) is 11.4 Å². The zero-order valence-corrected chi connectivity index (χ0v) is 15.1. The van der Waals surface area contributed by atoms with Crippen molar-refractivity contribution in [3.63, 3.8) is 0 Å². The van der Waals surface area contributed by atoms with Crippen LogP contribution in [0.15, 0.2) is 48.5 Å². The Balaban J connectivity index is 1.69. The summed E-state index contributed by atoms with van der Waals surface area (Å²) in [6.45, 7) is 4.35. The van der Waals surface area contributed by atoms with Crippen LogP contribution in [0.1, 0.15) is 41.3 Å². The SMILES string of the molecule is Cc1ccccc1COc1ccccc1C(=O)NC1CCC(=O)NC1C. The molecule has 3 rings (SSSR count). The van der Waals surface area contributed by atoms with Gasteiger partial charge in [0.15, 0.2) is 0 Å². The lowest BCUT2D eigenvalue weighted by atomic mass is 9.99. The minimum Gasteiger partial charge on any atom is -0.488 e. The van der Waals surface area contributed by atoms with Gasteiger partial charge in [-0.05, 0) is 43.5 Å². The highest BCUT2D eigenvalue weighted by Crippen LogP contribution is 2.21. The zero-order chi connectivity index (χ0) is 18.5. The highest BCUT2D eigenvalue weighted by molar-refractivity contribution is 5.97. The van der Waals surface area contributed by atoms with Gasteiger partial charge in [-0.25, -0.2) is 0 Å². The molecule has 1 aliphatic rings. The summed E-state index contributed by atoms with van der Waals surface area (Å²) in [6, 6.07) is 15.1. The van der Waals surface area contributed by atoms with Gasteiger partial charge in [0, 0.05) is 18.5 Å². The number of carbonyl (C=O) groups is 2. The number of hydrogen-bond acceptors (Lipinski definition) is 3. The normalized spacial score (nSPS) is 19.5. The number of amides is 2. The maximum absolute atomic E-state index is 12.7. The van der Waals surface area contributed by atoms with Crippen LogP contribution in [0.5, 0.6) is 5.75 Å². The maximum Gasteiger partial charge on any atom is 0.255 e. The zero-order valence-electron chi connectivity index (χ0n) is 15.1. The fourth-order valence-corrected chi connectivity index (χ4v) is 3.11. The fourth-order valence-electron chi connectivity index (χ4n) is 3.11. The molecule has 1 fully saturated rings. The number of nitrogens with one attached hydrogen (secondary N) is 2. The molecule has 1 aliphatic heterocycles. The van der Waals surface area contributed by atoms with Gasteiger partial charge >= 0.3 is 0 Å². The predicted octanol–water partition coefficient (Wildman–Crippen LogP) is 2.97. The molecule has 0 saturated carbocycles. The molecule has 1 heterocycles. The molecule has 2 aromatic carbocycles. The molecular weight excluding hydrogens is 328 g/mol. The van der Waals surface area contributed by atoms with Crippen molar-refractivity contribution in [1.82, 2.24) is 10.6 Å². The van der Waals surface area contributed by atoms with Crippen LogP contribution in [0.2, 0.25) is 0 Å². The highest BCUT2D eigenvalue weighted by Gasteiger charge is 2.27. The summed E-state index contributed by atoms with van der Waals surface area (Å²) >= 11 is 0. The Morgan fingerprint density at radius 1 is 1.19 bits per heavy atom. The van der Waals surface area contributed by atoms with Gasteiger partial charge in [0.1, 0.15) is 12.4 Å². The van der Waals surface area contributed by atoms with E-state index in [2.05, 4.69) is 10.6 Å². The molecule has 26 heavy (non-hydrogen) atoms. The summed E-state index contributed by atoms with van der Waals surface area (Å²) in [6.07, 6.45) is 1.08. The first-order valence-corrected chi connectivity index (χ1v) is 8.91. The first-order valence-electron chi connectivity index (χ1n) is 8.91. The molecule has 5 heteroatoms. The van der Waals surface area contributed by atoms with Crippen molar-refractivity contribution in [2.75, 3.05) is 0 Å². The van der Waals surface area contributed by atoms with E-state index < -0.39 is 0 Å². The van der Waals surface area contributed by atoms with Crippen LogP contribution in [0.25, 0.3) is 0 Å². The minimum absolute atomic E-state index is 0.0324. The Bertz CT molecular complexity index is 803. The molecule has 0 spiro atoms. The van der Waals surface area contributed by atoms with Gasteiger partial charge in [0.2, 0.25) is 5.91 Å². The molecule has 2 N–H and O–H groups in total. The van der Waals surface area contributed by atoms with Crippen LogP contribution in [0.4, 0.5) is 0 Å². The minimum atomic E-state index is -0.182. The molecule has 2 aromatic rings. The molecule has 136 valence electrons. The number of ether oxygens (including phenoxy) is 1. The molecule has 2 amide bonds. The Kier molecular flexibility index (Phi) is 5.56. The second-order valence-corrected chi connectivity index (χ2v) is 6.69. The van der Waals surface area contributed by atoms with Crippen LogP contribution in [0, 0.1) is 6.92 Å². The van der Waals surface area contributed by atoms with E-state index in [-0.39, 0.29) is 23.9 Å². The van der Waals surface area contributed by atoms with Crippen molar-refractivity contribution >= 4 is 11.8 Å². The number of para-hydroxylation sites is 1. The molecule has 5 nitrogen and oxygen atoms in total. The largest absolute Gasteiger partial charge is 0.488 e. The number of rotatable bonds is 5. The second-order valence-electron chi connectivity index (χ2n) is 6.69. The highest BCUT2D eigenvalue weighted by atomic mass is 16.5. The summed E-state index contributed by atoms with van der Waals surface area (Å²) in [5.41, 5.74) is 2.75. The maximum atomic E-state index is 12.7. The third kappa shape index (κ3) is 4.23. The molecule has 0 bridgehead atoms. The number of benzene rings is 2. The van der Waals surface area contributed by atoms with Crippen LogP contribution < -0.4 is 15.4 Å². The van der Waals surface area contributed by atoms with Gasteiger partial charge in [0.25, 0.3) is 5.91 Å². The smallest absolute Gasteiger partial charge is 0.255 e. The van der Waals surface area contributed by atoms with E-state index in [1.807, 2.05) is 50.2 Å². The van der Waals surface area contributed by atoms with E-state index in [1.54, 1.807) is 12.1 Å². The first-order chi connectivity index (χ1) is 12.5. The van der Waals surface area contributed by atoms with Gasteiger partial charge in [-0.15, -0.1) is 0 Å². The van der Waals surface area contributed by atoms with Crippen molar-refractivity contribution in [2.24, 2.45) is 0 Å². The standard InChI is InChI=1S/C21H24N2O3/c1-14-7-3-4-8-16(14)13-26-19-10-6-5-9-17(19)21(25)23-18-11-12-20(24)22-15(18)2/h3-10,15,18H,11-13H2,1-2H3,(H,22,24)(H,23,25). The summed E-state index contributed by atoms with van der Waals surface area (Å²) < 4.78 is 5.93. The lowest BCUT2D eigenvalue weighted by Gasteiger charge is -2.30. The summed E-state index contributed by atoms with van der Waals surface area (Å²) in [5, 5.41) is 5.89. The van der Waals surface area contributed by atoms with Gasteiger partial charge in [-0.2, -0.15) is 0 Å². The summed E-state index contributed by atoms with van der Waals surface area (Å²) in [5.74, 6) is 0.407. The lowest BCUT2D eigenvalue weighted by molar-refractivity contribution is -0.123. The van der Waals surface area contributed by atoms with Crippen LogP contribution in [0.3, 0.4) is 0 Å². The molecule has 2 atom stereocenters. The van der Waals surface area contributed by atoms with Crippen LogP contribution in [-0.4, -0.2) is 23.9 Å². The average molecular weight is 352 g/mol. The lowest BCUT2D eigenvalue weighted by Crippen LogP contribution is -2.53. The van der Waals surface area contributed by atoms with Gasteiger partial charge in [0.05, 0.1) is 5.56 Å². The first kappa shape index (κ1) is 18.0. The van der Waals surface area contributed by atoms with Crippen molar-refractivity contribution < 1.29 is 14.3 Å². The molecule has 2 unspecified atom stereocenters. The number of piperidine rings is 1. The topological polar surface area (TPSA) is 67.4 Å². The molecule has 0 aliphatic carbocycles. The Morgan fingerprint density at radius 3 is 2.69 bits per heavy atom. The third-order valence-corrected chi connectivity index (χ3v) is 4.77. The molecule has 0 radical (unpaired) electrons. The van der Waals surface area contributed by atoms with E-state index in [0.29, 0.717) is 30.8 Å². The fraction of sp³-hybridized carbons (Fsp3) is 0.333. The Hall–Kier alpha value is -2.82. The van der Waals surface area contributed by atoms with Gasteiger partial charge in [-0.1, -0.05) is 36.4 Å². The molecule has 1 saturated heterocycles. The average Bonchev–Trinajstić information content (AvgIpc) is 2.63. The predicted molar refractivity (Wildman–Crippen MR) is 100 cm³/mol. The van der Waals surface area contributed by atoms with E-state index in [9.17, 15) is 9.59 Å². The van der Waals surface area contributed by atoms with E-state index in [4.69, 9.17) is 4.74 Å². The molecular formula is C21H24N2O3. The Morgan fingerprint density at radius 2 is 1.92 bits per heavy atom. The van der Waals surface area contributed by atoms with E-state index >= 15 is 0 Å². The number of carbonyl (C=O) groups excluding carboxylic acids is 2. The van der Waals surface area contributed by atoms with Gasteiger partial charge in [-0.3, -0.25) is 9.59 Å². The van der Waals surface area contributed by atoms with Crippen molar-refractivity contribution in [2.45, 2.75) is 45.4 Å².